The molecule has 0 N–H and O–H groups in total. The third kappa shape index (κ3) is 3.92. The van der Waals surface area contributed by atoms with Crippen LogP contribution in [0.15, 0.2) is 48.5 Å². The fraction of sp³-hybridized carbons (Fsp3) is 0.176. The molecule has 0 fully saturated rings. The molecule has 0 aromatic heterocycles. The summed E-state index contributed by atoms with van der Waals surface area (Å²) < 4.78 is 4.82. The molecule has 0 unspecified atom stereocenters. The standard InChI is InChI=1S/C17H15ClO3/c1-2-21-17(20)11-16(19)15-10-13(18)8-9-14(15)12-6-4-3-5-7-12/h3-10H,2,11H2,1H3. The van der Waals surface area contributed by atoms with Crippen LogP contribution in [0.25, 0.3) is 11.1 Å². The number of Topliss-reactive ketones (excluding diaryl/α,β-unsaturated/α-hetero) is 1. The first kappa shape index (κ1) is 15.3. The predicted octanol–water partition coefficient (Wildman–Crippen LogP) is 4.14. The van der Waals surface area contributed by atoms with Crippen LogP contribution in [0.5, 0.6) is 0 Å². The molecule has 0 aliphatic heterocycles. The van der Waals surface area contributed by atoms with Gasteiger partial charge < -0.3 is 4.74 Å². The van der Waals surface area contributed by atoms with Gasteiger partial charge >= 0.3 is 5.97 Å². The van der Waals surface area contributed by atoms with Gasteiger partial charge in [-0.3, -0.25) is 9.59 Å². The Hall–Kier alpha value is -2.13. The fourth-order valence-electron chi connectivity index (χ4n) is 2.05. The number of hydrogen-bond donors (Lipinski definition) is 0. The Morgan fingerprint density at radius 2 is 1.81 bits per heavy atom. The Kier molecular flexibility index (Phi) is 5.12. The second-order valence-corrected chi connectivity index (χ2v) is 4.90. The molecule has 21 heavy (non-hydrogen) atoms. The van der Waals surface area contributed by atoms with Crippen molar-refractivity contribution >= 4 is 23.4 Å². The Morgan fingerprint density at radius 3 is 2.48 bits per heavy atom. The van der Waals surface area contributed by atoms with Gasteiger partial charge in [-0.05, 0) is 30.2 Å². The lowest BCUT2D eigenvalue weighted by molar-refractivity contribution is -0.141. The number of carbonyl (C=O) groups is 2. The lowest BCUT2D eigenvalue weighted by Gasteiger charge is -2.09. The number of benzene rings is 2. The van der Waals surface area contributed by atoms with E-state index >= 15 is 0 Å². The van der Waals surface area contributed by atoms with E-state index in [4.69, 9.17) is 16.3 Å². The summed E-state index contributed by atoms with van der Waals surface area (Å²) >= 11 is 5.98. The van der Waals surface area contributed by atoms with Gasteiger partial charge in [0.2, 0.25) is 0 Å². The highest BCUT2D eigenvalue weighted by atomic mass is 35.5. The van der Waals surface area contributed by atoms with E-state index in [-0.39, 0.29) is 18.8 Å². The van der Waals surface area contributed by atoms with Crippen molar-refractivity contribution in [2.24, 2.45) is 0 Å². The minimum absolute atomic E-state index is 0.257. The molecule has 0 saturated carbocycles. The van der Waals surface area contributed by atoms with E-state index in [1.807, 2.05) is 30.3 Å². The van der Waals surface area contributed by atoms with Gasteiger partial charge in [-0.25, -0.2) is 0 Å². The van der Waals surface area contributed by atoms with Crippen LogP contribution in [0.1, 0.15) is 23.7 Å². The average molecular weight is 303 g/mol. The Balaban J connectivity index is 2.36. The fourth-order valence-corrected chi connectivity index (χ4v) is 2.23. The van der Waals surface area contributed by atoms with Gasteiger partial charge in [0.1, 0.15) is 6.42 Å². The Bertz CT molecular complexity index is 650. The van der Waals surface area contributed by atoms with Crippen LogP contribution in [-0.2, 0) is 9.53 Å². The van der Waals surface area contributed by atoms with Gasteiger partial charge in [-0.15, -0.1) is 0 Å². The van der Waals surface area contributed by atoms with Crippen molar-refractivity contribution in [1.82, 2.24) is 0 Å². The van der Waals surface area contributed by atoms with Gasteiger partial charge in [0.15, 0.2) is 5.78 Å². The zero-order valence-electron chi connectivity index (χ0n) is 11.6. The maximum atomic E-state index is 12.3. The average Bonchev–Trinajstić information content (AvgIpc) is 2.48. The zero-order valence-corrected chi connectivity index (χ0v) is 12.4. The minimum atomic E-state index is -0.526. The summed E-state index contributed by atoms with van der Waals surface area (Å²) in [4.78, 5) is 23.8. The largest absolute Gasteiger partial charge is 0.466 e. The predicted molar refractivity (Wildman–Crippen MR) is 82.5 cm³/mol. The summed E-state index contributed by atoms with van der Waals surface area (Å²) in [7, 11) is 0. The number of esters is 1. The maximum Gasteiger partial charge on any atom is 0.313 e. The Morgan fingerprint density at radius 1 is 1.10 bits per heavy atom. The van der Waals surface area contributed by atoms with Crippen molar-refractivity contribution < 1.29 is 14.3 Å². The number of rotatable bonds is 5. The van der Waals surface area contributed by atoms with Gasteiger partial charge in [0.05, 0.1) is 6.61 Å². The van der Waals surface area contributed by atoms with Gasteiger partial charge in [0, 0.05) is 10.6 Å². The van der Waals surface area contributed by atoms with Crippen LogP contribution in [0.3, 0.4) is 0 Å². The molecule has 2 rings (SSSR count). The number of ether oxygens (including phenoxy) is 1. The van der Waals surface area contributed by atoms with E-state index in [0.29, 0.717) is 10.6 Å². The van der Waals surface area contributed by atoms with Crippen LogP contribution in [0.2, 0.25) is 5.02 Å². The molecule has 4 heteroatoms. The van der Waals surface area contributed by atoms with Crippen LogP contribution < -0.4 is 0 Å². The van der Waals surface area contributed by atoms with Crippen LogP contribution in [0.4, 0.5) is 0 Å². The van der Waals surface area contributed by atoms with Crippen LogP contribution in [-0.4, -0.2) is 18.4 Å². The molecule has 0 atom stereocenters. The highest BCUT2D eigenvalue weighted by Crippen LogP contribution is 2.27. The van der Waals surface area contributed by atoms with Gasteiger partial charge in [-0.1, -0.05) is 48.0 Å². The molecule has 108 valence electrons. The molecule has 0 radical (unpaired) electrons. The topological polar surface area (TPSA) is 43.4 Å². The molecular formula is C17H15ClO3. The quantitative estimate of drug-likeness (QED) is 0.473. The number of hydrogen-bond acceptors (Lipinski definition) is 3. The summed E-state index contributed by atoms with van der Waals surface area (Å²) in [5.74, 6) is -0.823. The van der Waals surface area contributed by atoms with Crippen LogP contribution in [0, 0.1) is 0 Å². The third-order valence-corrected chi connectivity index (χ3v) is 3.21. The molecule has 0 amide bonds. The first-order valence-electron chi connectivity index (χ1n) is 6.65. The molecule has 2 aromatic rings. The second kappa shape index (κ2) is 7.04. The number of ketones is 1. The molecule has 0 aliphatic carbocycles. The minimum Gasteiger partial charge on any atom is -0.466 e. The van der Waals surface area contributed by atoms with Crippen molar-refractivity contribution in [3.63, 3.8) is 0 Å². The molecule has 0 saturated heterocycles. The highest BCUT2D eigenvalue weighted by Gasteiger charge is 2.17. The van der Waals surface area contributed by atoms with Gasteiger partial charge in [-0.2, -0.15) is 0 Å². The first-order valence-corrected chi connectivity index (χ1v) is 7.03. The number of halogens is 1. The first-order chi connectivity index (χ1) is 10.1. The number of carbonyl (C=O) groups excluding carboxylic acids is 2. The molecule has 2 aromatic carbocycles. The summed E-state index contributed by atoms with van der Waals surface area (Å²) in [6, 6.07) is 14.6. The maximum absolute atomic E-state index is 12.3. The molecule has 0 heterocycles. The summed E-state index contributed by atoms with van der Waals surface area (Å²) in [6.45, 7) is 1.96. The molecule has 0 aliphatic rings. The second-order valence-electron chi connectivity index (χ2n) is 4.46. The van der Waals surface area contributed by atoms with E-state index in [9.17, 15) is 9.59 Å². The molecular weight excluding hydrogens is 288 g/mol. The van der Waals surface area contributed by atoms with Crippen molar-refractivity contribution in [1.29, 1.82) is 0 Å². The summed E-state index contributed by atoms with van der Waals surface area (Å²) in [6.07, 6.45) is -0.284. The van der Waals surface area contributed by atoms with E-state index < -0.39 is 5.97 Å². The summed E-state index contributed by atoms with van der Waals surface area (Å²) in [5, 5.41) is 0.460. The van der Waals surface area contributed by atoms with E-state index in [2.05, 4.69) is 0 Å². The molecule has 0 spiro atoms. The van der Waals surface area contributed by atoms with Crippen molar-refractivity contribution in [2.75, 3.05) is 6.61 Å². The molecule has 0 bridgehead atoms. The van der Waals surface area contributed by atoms with E-state index in [1.165, 1.54) is 0 Å². The molecule has 3 nitrogen and oxygen atoms in total. The SMILES string of the molecule is CCOC(=O)CC(=O)c1cc(Cl)ccc1-c1ccccc1. The lowest BCUT2D eigenvalue weighted by atomic mass is 9.96. The van der Waals surface area contributed by atoms with Crippen molar-refractivity contribution in [3.05, 3.63) is 59.1 Å². The highest BCUT2D eigenvalue weighted by molar-refractivity contribution is 6.31. The van der Waals surface area contributed by atoms with E-state index in [1.54, 1.807) is 25.1 Å². The monoisotopic (exact) mass is 302 g/mol. The van der Waals surface area contributed by atoms with Crippen molar-refractivity contribution in [3.8, 4) is 11.1 Å². The zero-order chi connectivity index (χ0) is 15.2. The van der Waals surface area contributed by atoms with E-state index in [0.717, 1.165) is 11.1 Å². The normalized spacial score (nSPS) is 10.2. The van der Waals surface area contributed by atoms with Gasteiger partial charge in [0.25, 0.3) is 0 Å². The Labute approximate surface area is 128 Å². The third-order valence-electron chi connectivity index (χ3n) is 2.98. The lowest BCUT2D eigenvalue weighted by Crippen LogP contribution is -2.12. The van der Waals surface area contributed by atoms with Crippen LogP contribution >= 0.6 is 11.6 Å². The summed E-state index contributed by atoms with van der Waals surface area (Å²) in [5.41, 5.74) is 2.09. The van der Waals surface area contributed by atoms with Crippen molar-refractivity contribution in [2.45, 2.75) is 13.3 Å². The smallest absolute Gasteiger partial charge is 0.313 e.